The molecule has 2 aromatic heterocycles. The van der Waals surface area contributed by atoms with Gasteiger partial charge in [-0.15, -0.1) is 0 Å². The van der Waals surface area contributed by atoms with E-state index in [1.54, 1.807) is 28.0 Å². The second kappa shape index (κ2) is 6.45. The van der Waals surface area contributed by atoms with Crippen LogP contribution in [0.5, 0.6) is 0 Å². The van der Waals surface area contributed by atoms with Crippen LogP contribution < -0.4 is 5.43 Å². The Balaban J connectivity index is 1.47. The topological polar surface area (TPSA) is 64.7 Å². The molecule has 0 saturated heterocycles. The van der Waals surface area contributed by atoms with Crippen molar-refractivity contribution in [3.05, 3.63) is 85.0 Å². The van der Waals surface area contributed by atoms with Gasteiger partial charge in [-0.25, -0.2) is 14.3 Å². The van der Waals surface area contributed by atoms with E-state index in [0.717, 1.165) is 22.3 Å². The van der Waals surface area contributed by atoms with Crippen LogP contribution in [0, 0.1) is 0 Å². The number of carbonyl (C=O) groups excluding carboxylic acids is 1. The number of benzene rings is 2. The maximum atomic E-state index is 12.1. The average Bonchev–Trinajstić information content (AvgIpc) is 3.28. The van der Waals surface area contributed by atoms with Crippen molar-refractivity contribution in [2.24, 2.45) is 0 Å². The lowest BCUT2D eigenvalue weighted by atomic mass is 10.3. The maximum Gasteiger partial charge on any atom is 0.262 e. The first-order valence-corrected chi connectivity index (χ1v) is 7.81. The van der Waals surface area contributed by atoms with Crippen LogP contribution in [0.4, 0.5) is 0 Å². The number of nitrogens with zero attached hydrogens (tertiary/aromatic N) is 4. The number of para-hydroxylation sites is 3. The van der Waals surface area contributed by atoms with Crippen LogP contribution in [-0.4, -0.2) is 25.3 Å². The van der Waals surface area contributed by atoms with Crippen molar-refractivity contribution in [2.75, 3.05) is 5.43 Å². The van der Waals surface area contributed by atoms with Crippen molar-refractivity contribution in [1.29, 1.82) is 0 Å². The third-order valence-electron chi connectivity index (χ3n) is 3.73. The lowest BCUT2D eigenvalue weighted by Crippen LogP contribution is -2.19. The first-order chi connectivity index (χ1) is 12.3. The number of hydrogen-bond acceptors (Lipinski definition) is 3. The minimum Gasteiger partial charge on any atom is -0.268 e. The first kappa shape index (κ1) is 14.9. The Hall–Kier alpha value is -3.67. The summed E-state index contributed by atoms with van der Waals surface area (Å²) < 4.78 is 3.37. The standard InChI is InChI=1S/C19H15N5O/c25-19(22-24-14-20-17-8-4-5-9-18(17)24)11-10-15-12-21-23(13-15)16-6-2-1-3-7-16/h1-14H,(H,22,25). The molecule has 1 N–H and O–H groups in total. The number of fused-ring (bicyclic) bond motifs is 1. The monoisotopic (exact) mass is 329 g/mol. The fraction of sp³-hybridized carbons (Fsp3) is 0. The van der Waals surface area contributed by atoms with Crippen LogP contribution >= 0.6 is 0 Å². The highest BCUT2D eigenvalue weighted by atomic mass is 16.2. The minimum absolute atomic E-state index is 0.240. The Morgan fingerprint density at radius 2 is 1.84 bits per heavy atom. The predicted molar refractivity (Wildman–Crippen MR) is 96.7 cm³/mol. The van der Waals surface area contributed by atoms with E-state index >= 15 is 0 Å². The fourth-order valence-electron chi connectivity index (χ4n) is 2.52. The number of aromatic nitrogens is 4. The molecule has 0 bridgehead atoms. The molecule has 0 spiro atoms. The van der Waals surface area contributed by atoms with Crippen molar-refractivity contribution in [2.45, 2.75) is 0 Å². The van der Waals surface area contributed by atoms with Gasteiger partial charge in [-0.2, -0.15) is 5.10 Å². The van der Waals surface area contributed by atoms with E-state index in [1.807, 2.05) is 60.8 Å². The first-order valence-electron chi connectivity index (χ1n) is 7.81. The van der Waals surface area contributed by atoms with Crippen LogP contribution in [0.1, 0.15) is 5.56 Å². The van der Waals surface area contributed by atoms with Crippen LogP contribution in [0.15, 0.2) is 79.4 Å². The van der Waals surface area contributed by atoms with Crippen molar-refractivity contribution in [3.8, 4) is 5.69 Å². The molecule has 6 nitrogen and oxygen atoms in total. The summed E-state index contributed by atoms with van der Waals surface area (Å²) >= 11 is 0. The molecule has 1 amide bonds. The molecule has 0 fully saturated rings. The van der Waals surface area contributed by atoms with E-state index in [9.17, 15) is 4.79 Å². The normalized spacial score (nSPS) is 11.2. The predicted octanol–water partition coefficient (Wildman–Crippen LogP) is 3.01. The fourth-order valence-corrected chi connectivity index (χ4v) is 2.52. The summed E-state index contributed by atoms with van der Waals surface area (Å²) in [7, 11) is 0. The van der Waals surface area contributed by atoms with Gasteiger partial charge in [0.05, 0.1) is 22.9 Å². The molecule has 2 heterocycles. The molecule has 4 rings (SSSR count). The smallest absolute Gasteiger partial charge is 0.262 e. The molecule has 0 aliphatic rings. The summed E-state index contributed by atoms with van der Waals surface area (Å²) in [5, 5.41) is 4.30. The van der Waals surface area contributed by atoms with Crippen LogP contribution in [0.3, 0.4) is 0 Å². The van der Waals surface area contributed by atoms with Gasteiger partial charge in [-0.3, -0.25) is 10.2 Å². The van der Waals surface area contributed by atoms with E-state index in [-0.39, 0.29) is 5.91 Å². The molecule has 0 saturated carbocycles. The van der Waals surface area contributed by atoms with Gasteiger partial charge >= 0.3 is 0 Å². The molecule has 4 aromatic rings. The lowest BCUT2D eigenvalue weighted by molar-refractivity contribution is -0.112. The minimum atomic E-state index is -0.240. The number of carbonyl (C=O) groups is 1. The van der Waals surface area contributed by atoms with Gasteiger partial charge in [-0.1, -0.05) is 30.3 Å². The summed E-state index contributed by atoms with van der Waals surface area (Å²) in [6.07, 6.45) is 8.36. The molecule has 25 heavy (non-hydrogen) atoms. The van der Waals surface area contributed by atoms with E-state index < -0.39 is 0 Å². The summed E-state index contributed by atoms with van der Waals surface area (Å²) in [5.74, 6) is -0.240. The highest BCUT2D eigenvalue weighted by molar-refractivity contribution is 5.98. The molecular weight excluding hydrogens is 314 g/mol. The molecule has 0 aliphatic carbocycles. The van der Waals surface area contributed by atoms with E-state index in [2.05, 4.69) is 15.5 Å². The molecule has 0 radical (unpaired) electrons. The largest absolute Gasteiger partial charge is 0.268 e. The van der Waals surface area contributed by atoms with E-state index in [4.69, 9.17) is 0 Å². The second-order valence-corrected chi connectivity index (χ2v) is 5.47. The van der Waals surface area contributed by atoms with E-state index in [0.29, 0.717) is 0 Å². The number of rotatable bonds is 4. The lowest BCUT2D eigenvalue weighted by Gasteiger charge is -2.03. The number of hydrogen-bond donors (Lipinski definition) is 1. The average molecular weight is 329 g/mol. The van der Waals surface area contributed by atoms with Gasteiger partial charge in [0.15, 0.2) is 0 Å². The molecule has 122 valence electrons. The van der Waals surface area contributed by atoms with Gasteiger partial charge in [-0.05, 0) is 30.3 Å². The molecular formula is C19H15N5O. The van der Waals surface area contributed by atoms with Gasteiger partial charge in [0.25, 0.3) is 5.91 Å². The van der Waals surface area contributed by atoms with Gasteiger partial charge in [0, 0.05) is 17.8 Å². The summed E-state index contributed by atoms with van der Waals surface area (Å²) in [6.45, 7) is 0. The third kappa shape index (κ3) is 3.18. The zero-order valence-corrected chi connectivity index (χ0v) is 13.3. The molecule has 6 heteroatoms. The number of nitrogens with one attached hydrogen (secondary N) is 1. The summed E-state index contributed by atoms with van der Waals surface area (Å²) in [6, 6.07) is 17.4. The van der Waals surface area contributed by atoms with Crippen molar-refractivity contribution < 1.29 is 4.79 Å². The van der Waals surface area contributed by atoms with Crippen LogP contribution in [0.2, 0.25) is 0 Å². The Bertz CT molecular complexity index is 1050. The van der Waals surface area contributed by atoms with Crippen LogP contribution in [0.25, 0.3) is 22.8 Å². The van der Waals surface area contributed by atoms with Crippen molar-refractivity contribution in [1.82, 2.24) is 19.4 Å². The summed E-state index contributed by atoms with van der Waals surface area (Å²) in [4.78, 5) is 16.4. The molecule has 0 unspecified atom stereocenters. The second-order valence-electron chi connectivity index (χ2n) is 5.47. The highest BCUT2D eigenvalue weighted by Crippen LogP contribution is 2.11. The molecule has 2 aromatic carbocycles. The number of imidazole rings is 1. The molecule has 0 aliphatic heterocycles. The van der Waals surface area contributed by atoms with Crippen LogP contribution in [-0.2, 0) is 4.79 Å². The SMILES string of the molecule is O=C(C=Cc1cnn(-c2ccccc2)c1)Nn1cnc2ccccc21. The van der Waals surface area contributed by atoms with Gasteiger partial charge < -0.3 is 0 Å². The zero-order chi connectivity index (χ0) is 17.1. The third-order valence-corrected chi connectivity index (χ3v) is 3.73. The Labute approximate surface area is 144 Å². The zero-order valence-electron chi connectivity index (χ0n) is 13.3. The number of amides is 1. The quantitative estimate of drug-likeness (QED) is 0.585. The molecule has 0 atom stereocenters. The Kier molecular flexibility index (Phi) is 3.84. The van der Waals surface area contributed by atoms with Gasteiger partial charge in [0.1, 0.15) is 6.33 Å². The Morgan fingerprint density at radius 1 is 1.04 bits per heavy atom. The van der Waals surface area contributed by atoms with Crippen molar-refractivity contribution >= 4 is 23.0 Å². The highest BCUT2D eigenvalue weighted by Gasteiger charge is 2.03. The van der Waals surface area contributed by atoms with E-state index in [1.165, 1.54) is 6.08 Å². The maximum absolute atomic E-state index is 12.1. The Morgan fingerprint density at radius 3 is 2.72 bits per heavy atom. The van der Waals surface area contributed by atoms with Gasteiger partial charge in [0.2, 0.25) is 0 Å². The van der Waals surface area contributed by atoms with Crippen molar-refractivity contribution in [3.63, 3.8) is 0 Å². The summed E-state index contributed by atoms with van der Waals surface area (Å²) in [5.41, 5.74) is 6.26.